The van der Waals surface area contributed by atoms with Crippen molar-refractivity contribution in [3.8, 4) is 0 Å². The van der Waals surface area contributed by atoms with Gasteiger partial charge in [-0.25, -0.2) is 0 Å². The molecule has 1 aromatic rings. The Bertz CT molecular complexity index is 301. The minimum absolute atomic E-state index is 0.595. The molecule has 0 aliphatic heterocycles. The van der Waals surface area contributed by atoms with Crippen LogP contribution in [0.5, 0.6) is 0 Å². The Hall–Kier alpha value is -1.32. The number of rotatable bonds is 2. The van der Waals surface area contributed by atoms with Gasteiger partial charge in [-0.1, -0.05) is 5.16 Å². The summed E-state index contributed by atoms with van der Waals surface area (Å²) < 4.78 is 1.81. The lowest BCUT2D eigenvalue weighted by Gasteiger charge is -2.00. The van der Waals surface area contributed by atoms with Crippen LogP contribution in [0.1, 0.15) is 25.2 Å². The Morgan fingerprint density at radius 2 is 2.42 bits per heavy atom. The van der Waals surface area contributed by atoms with E-state index in [-0.39, 0.29) is 0 Å². The van der Waals surface area contributed by atoms with E-state index in [0.29, 0.717) is 5.71 Å². The van der Waals surface area contributed by atoms with Crippen molar-refractivity contribution < 1.29 is 5.21 Å². The van der Waals surface area contributed by atoms with Crippen molar-refractivity contribution in [3.05, 3.63) is 17.5 Å². The fourth-order valence-electron chi connectivity index (χ4n) is 1.13. The number of hydrogen-bond acceptors (Lipinski definition) is 3. The zero-order chi connectivity index (χ0) is 9.14. The van der Waals surface area contributed by atoms with Gasteiger partial charge in [0.15, 0.2) is 0 Å². The summed E-state index contributed by atoms with van der Waals surface area (Å²) in [6, 6.07) is 1.90. The maximum Gasteiger partial charge on any atom is 0.102 e. The predicted octanol–water partition coefficient (Wildman–Crippen LogP) is 1.41. The molecule has 0 bridgehead atoms. The Morgan fingerprint density at radius 1 is 1.75 bits per heavy atom. The second-order valence-electron chi connectivity index (χ2n) is 2.67. The smallest absolute Gasteiger partial charge is 0.102 e. The number of nitrogens with zero attached hydrogens (tertiary/aromatic N) is 3. The van der Waals surface area contributed by atoms with Gasteiger partial charge in [-0.15, -0.1) is 0 Å². The Balaban J connectivity index is 3.13. The molecule has 0 radical (unpaired) electrons. The van der Waals surface area contributed by atoms with Gasteiger partial charge in [-0.3, -0.25) is 4.68 Å². The molecule has 1 N–H and O–H groups in total. The van der Waals surface area contributed by atoms with E-state index in [1.165, 1.54) is 0 Å². The van der Waals surface area contributed by atoms with Crippen LogP contribution in [0.2, 0.25) is 0 Å². The van der Waals surface area contributed by atoms with Crippen LogP contribution in [-0.2, 0) is 6.54 Å². The van der Waals surface area contributed by atoms with Crippen LogP contribution in [0, 0.1) is 6.92 Å². The second kappa shape index (κ2) is 3.38. The highest BCUT2D eigenvalue weighted by atomic mass is 16.4. The average Bonchev–Trinajstić information content (AvgIpc) is 2.45. The largest absolute Gasteiger partial charge is 0.411 e. The van der Waals surface area contributed by atoms with Crippen LogP contribution in [0.3, 0.4) is 0 Å². The molecule has 12 heavy (non-hydrogen) atoms. The van der Waals surface area contributed by atoms with Crippen molar-refractivity contribution in [2.24, 2.45) is 5.16 Å². The number of aromatic nitrogens is 2. The quantitative estimate of drug-likeness (QED) is 0.411. The Morgan fingerprint density at radius 3 is 2.92 bits per heavy atom. The van der Waals surface area contributed by atoms with Crippen molar-refractivity contribution >= 4 is 5.71 Å². The zero-order valence-corrected chi connectivity index (χ0v) is 7.57. The monoisotopic (exact) mass is 167 g/mol. The van der Waals surface area contributed by atoms with Gasteiger partial charge in [-0.2, -0.15) is 5.10 Å². The van der Waals surface area contributed by atoms with Crippen molar-refractivity contribution in [2.45, 2.75) is 27.3 Å². The first-order valence-corrected chi connectivity index (χ1v) is 3.92. The first-order valence-electron chi connectivity index (χ1n) is 3.92. The predicted molar refractivity (Wildman–Crippen MR) is 46.6 cm³/mol. The molecule has 0 fully saturated rings. The minimum Gasteiger partial charge on any atom is -0.411 e. The van der Waals surface area contributed by atoms with Crippen molar-refractivity contribution in [1.29, 1.82) is 0 Å². The van der Waals surface area contributed by atoms with Crippen LogP contribution >= 0.6 is 0 Å². The first kappa shape index (κ1) is 8.77. The summed E-state index contributed by atoms with van der Waals surface area (Å²) in [5.74, 6) is 0. The SMILES string of the molecule is CCn1nc(C)cc1/C(C)=N/O. The summed E-state index contributed by atoms with van der Waals surface area (Å²) in [7, 11) is 0. The molecule has 4 nitrogen and oxygen atoms in total. The summed E-state index contributed by atoms with van der Waals surface area (Å²) >= 11 is 0. The molecule has 1 heterocycles. The van der Waals surface area contributed by atoms with Crippen molar-refractivity contribution in [3.63, 3.8) is 0 Å². The van der Waals surface area contributed by atoms with Crippen LogP contribution in [-0.4, -0.2) is 20.7 Å². The van der Waals surface area contributed by atoms with Crippen molar-refractivity contribution in [2.75, 3.05) is 0 Å². The average molecular weight is 167 g/mol. The molecule has 0 amide bonds. The number of aryl methyl sites for hydroxylation is 2. The van der Waals surface area contributed by atoms with E-state index in [1.807, 2.05) is 24.6 Å². The maximum atomic E-state index is 8.56. The summed E-state index contributed by atoms with van der Waals surface area (Å²) in [5, 5.41) is 15.9. The molecular formula is C8H13N3O. The van der Waals surface area contributed by atoms with Gasteiger partial charge in [0, 0.05) is 6.54 Å². The summed E-state index contributed by atoms with van der Waals surface area (Å²) in [6.45, 7) is 6.46. The minimum atomic E-state index is 0.595. The normalized spacial score (nSPS) is 12.1. The molecule has 1 rings (SSSR count). The lowest BCUT2D eigenvalue weighted by molar-refractivity contribution is 0.318. The van der Waals surface area contributed by atoms with Gasteiger partial charge >= 0.3 is 0 Å². The van der Waals surface area contributed by atoms with Crippen LogP contribution < -0.4 is 0 Å². The third-order valence-electron chi connectivity index (χ3n) is 1.72. The third-order valence-corrected chi connectivity index (χ3v) is 1.72. The highest BCUT2D eigenvalue weighted by Gasteiger charge is 2.06. The van der Waals surface area contributed by atoms with Gasteiger partial charge in [0.25, 0.3) is 0 Å². The van der Waals surface area contributed by atoms with Crippen LogP contribution in [0.4, 0.5) is 0 Å². The maximum absolute atomic E-state index is 8.56. The lowest BCUT2D eigenvalue weighted by Crippen LogP contribution is -2.07. The molecule has 66 valence electrons. The molecule has 0 atom stereocenters. The van der Waals surface area contributed by atoms with E-state index in [1.54, 1.807) is 6.92 Å². The molecule has 0 spiro atoms. The molecule has 0 saturated heterocycles. The van der Waals surface area contributed by atoms with Gasteiger partial charge < -0.3 is 5.21 Å². The van der Waals surface area contributed by atoms with E-state index < -0.39 is 0 Å². The highest BCUT2D eigenvalue weighted by Crippen LogP contribution is 2.04. The van der Waals surface area contributed by atoms with E-state index in [2.05, 4.69) is 10.3 Å². The molecule has 0 aliphatic rings. The van der Waals surface area contributed by atoms with Gasteiger partial charge in [0.1, 0.15) is 5.71 Å². The third kappa shape index (κ3) is 1.47. The molecule has 0 aliphatic carbocycles. The fourth-order valence-corrected chi connectivity index (χ4v) is 1.13. The highest BCUT2D eigenvalue weighted by molar-refractivity contribution is 5.96. The zero-order valence-electron chi connectivity index (χ0n) is 7.57. The summed E-state index contributed by atoms with van der Waals surface area (Å²) in [5.41, 5.74) is 2.41. The molecule has 1 aromatic heterocycles. The Labute approximate surface area is 71.5 Å². The molecule has 0 unspecified atom stereocenters. The summed E-state index contributed by atoms with van der Waals surface area (Å²) in [4.78, 5) is 0. The molecule has 4 heteroatoms. The Kier molecular flexibility index (Phi) is 2.47. The second-order valence-corrected chi connectivity index (χ2v) is 2.67. The van der Waals surface area contributed by atoms with Gasteiger partial charge in [0.05, 0.1) is 11.4 Å². The molecule has 0 aromatic carbocycles. The van der Waals surface area contributed by atoms with Gasteiger partial charge in [0.2, 0.25) is 0 Å². The van der Waals surface area contributed by atoms with E-state index in [0.717, 1.165) is 17.9 Å². The first-order chi connectivity index (χ1) is 5.69. The van der Waals surface area contributed by atoms with E-state index >= 15 is 0 Å². The van der Waals surface area contributed by atoms with E-state index in [4.69, 9.17) is 5.21 Å². The number of oxime groups is 1. The number of hydrogen-bond donors (Lipinski definition) is 1. The standard InChI is InChI=1S/C8H13N3O/c1-4-11-8(7(3)10-12)5-6(2)9-11/h5,12H,4H2,1-3H3/b10-7+. The molecular weight excluding hydrogens is 154 g/mol. The van der Waals surface area contributed by atoms with Crippen LogP contribution in [0.25, 0.3) is 0 Å². The van der Waals surface area contributed by atoms with Crippen LogP contribution in [0.15, 0.2) is 11.2 Å². The molecule has 0 saturated carbocycles. The summed E-state index contributed by atoms with van der Waals surface area (Å²) in [6.07, 6.45) is 0. The van der Waals surface area contributed by atoms with Crippen molar-refractivity contribution in [1.82, 2.24) is 9.78 Å². The van der Waals surface area contributed by atoms with E-state index in [9.17, 15) is 0 Å². The topological polar surface area (TPSA) is 50.4 Å². The van der Waals surface area contributed by atoms with Gasteiger partial charge in [-0.05, 0) is 26.8 Å². The lowest BCUT2D eigenvalue weighted by atomic mass is 10.3. The fraction of sp³-hybridized carbons (Fsp3) is 0.500.